The Morgan fingerprint density at radius 2 is 2.00 bits per heavy atom. The monoisotopic (exact) mass is 457 g/mol. The number of aromatic nitrogens is 2. The van der Waals surface area contributed by atoms with Crippen LogP contribution in [0.25, 0.3) is 11.1 Å². The second-order valence-electron chi connectivity index (χ2n) is 11.2. The number of allylic oxidation sites excluding steroid dienone is 3. The minimum Gasteiger partial charge on any atom is -0.362 e. The van der Waals surface area contributed by atoms with Gasteiger partial charge >= 0.3 is 0 Å². The molecule has 5 rings (SSSR count). The minimum atomic E-state index is -0.539. The van der Waals surface area contributed by atoms with Crippen LogP contribution in [0.2, 0.25) is 0 Å². The summed E-state index contributed by atoms with van der Waals surface area (Å²) in [4.78, 5) is 13.8. The van der Waals surface area contributed by atoms with Crippen LogP contribution in [0.4, 0.5) is 0 Å². The molecule has 3 aliphatic rings. The molecular weight excluding hydrogens is 422 g/mol. The molecule has 0 bridgehead atoms. The van der Waals surface area contributed by atoms with Gasteiger partial charge in [-0.05, 0) is 48.3 Å². The van der Waals surface area contributed by atoms with E-state index in [-0.39, 0.29) is 17.4 Å². The van der Waals surface area contributed by atoms with Gasteiger partial charge in [0.25, 0.3) is 0 Å². The van der Waals surface area contributed by atoms with Gasteiger partial charge in [0.15, 0.2) is 11.9 Å². The Morgan fingerprint density at radius 1 is 1.24 bits per heavy atom. The third-order valence-corrected chi connectivity index (χ3v) is 7.66. The molecule has 1 aliphatic carbocycles. The quantitative estimate of drug-likeness (QED) is 0.597. The molecule has 2 aromatic rings. The van der Waals surface area contributed by atoms with Gasteiger partial charge in [0.1, 0.15) is 0 Å². The first kappa shape index (κ1) is 22.8. The molecule has 2 aliphatic heterocycles. The molecule has 1 aromatic carbocycles. The molecule has 1 N–H and O–H groups in total. The van der Waals surface area contributed by atoms with Crippen molar-refractivity contribution in [3.63, 3.8) is 0 Å². The lowest BCUT2D eigenvalue weighted by Gasteiger charge is -2.48. The summed E-state index contributed by atoms with van der Waals surface area (Å²) < 4.78 is 1.89. The summed E-state index contributed by atoms with van der Waals surface area (Å²) in [6.07, 6.45) is 4.06. The molecule has 0 radical (unpaired) electrons. The van der Waals surface area contributed by atoms with E-state index < -0.39 is 5.41 Å². The zero-order chi connectivity index (χ0) is 24.4. The van der Waals surface area contributed by atoms with Gasteiger partial charge in [-0.2, -0.15) is 15.3 Å². The number of hydrogen-bond acceptors (Lipinski definition) is 5. The van der Waals surface area contributed by atoms with Gasteiger partial charge in [0.2, 0.25) is 0 Å². The lowest BCUT2D eigenvalue weighted by atomic mass is 9.58. The zero-order valence-electron chi connectivity index (χ0n) is 21.4. The molecule has 3 heterocycles. The van der Waals surface area contributed by atoms with Gasteiger partial charge in [-0.15, -0.1) is 0 Å². The van der Waals surface area contributed by atoms with Gasteiger partial charge in [0, 0.05) is 42.1 Å². The number of nitrogens with one attached hydrogen (secondary N) is 1. The number of benzene rings is 1. The van der Waals surface area contributed by atoms with Crippen LogP contribution in [0.5, 0.6) is 0 Å². The number of ketones is 1. The van der Waals surface area contributed by atoms with E-state index >= 15 is 0 Å². The normalized spacial score (nSPS) is 25.6. The number of Topliss-reactive ketones (excluding diaryl/α,β-unsaturated/α-hetero) is 1. The fourth-order valence-electron chi connectivity index (χ4n) is 6.31. The van der Waals surface area contributed by atoms with Gasteiger partial charge in [-0.25, -0.2) is 0 Å². The van der Waals surface area contributed by atoms with E-state index in [0.717, 1.165) is 57.8 Å². The second kappa shape index (κ2) is 7.76. The van der Waals surface area contributed by atoms with Crippen LogP contribution in [-0.4, -0.2) is 21.7 Å². The van der Waals surface area contributed by atoms with Crippen LogP contribution in [0.3, 0.4) is 0 Å². The zero-order valence-corrected chi connectivity index (χ0v) is 21.4. The summed E-state index contributed by atoms with van der Waals surface area (Å²) in [6.45, 7) is 12.9. The molecule has 6 heteroatoms. The predicted molar refractivity (Wildman–Crippen MR) is 134 cm³/mol. The minimum absolute atomic E-state index is 0.0713. The Balaban J connectivity index is 1.76. The maximum atomic E-state index is 13.8. The van der Waals surface area contributed by atoms with Crippen molar-refractivity contribution in [3.8, 4) is 11.1 Å². The van der Waals surface area contributed by atoms with Crippen LogP contribution < -0.4 is 5.32 Å². The molecular formula is C28H35N5O. The van der Waals surface area contributed by atoms with Crippen molar-refractivity contribution < 1.29 is 4.79 Å². The van der Waals surface area contributed by atoms with Crippen LogP contribution in [-0.2, 0) is 17.3 Å². The van der Waals surface area contributed by atoms with Crippen molar-refractivity contribution >= 4 is 5.78 Å². The number of rotatable bonds is 4. The van der Waals surface area contributed by atoms with Crippen LogP contribution >= 0.6 is 0 Å². The standard InChI is InChI=1S/C28H35N5O/c1-8-28(19-11-9-10-18(12-19)20-15-33(7)32-25(20)16(2)3)23-17(4)30-31-26(23)29-21-13-27(5,6)14-22(34)24(21)28/h9-12,15-16,26,29H,8,13-14H2,1-7H3. The maximum absolute atomic E-state index is 13.8. The molecule has 0 saturated carbocycles. The molecule has 0 spiro atoms. The van der Waals surface area contributed by atoms with Crippen LogP contribution in [0.1, 0.15) is 78.0 Å². The first-order valence-corrected chi connectivity index (χ1v) is 12.4. The Hall–Kier alpha value is -3.02. The highest BCUT2D eigenvalue weighted by Crippen LogP contribution is 2.55. The van der Waals surface area contributed by atoms with Gasteiger partial charge < -0.3 is 5.32 Å². The number of fused-ring (bicyclic) bond motifs is 1. The fourth-order valence-corrected chi connectivity index (χ4v) is 6.31. The van der Waals surface area contributed by atoms with E-state index in [4.69, 9.17) is 5.10 Å². The fraction of sp³-hybridized carbons (Fsp3) is 0.500. The van der Waals surface area contributed by atoms with Crippen molar-refractivity contribution in [2.75, 3.05) is 0 Å². The van der Waals surface area contributed by atoms with E-state index in [1.807, 2.05) is 18.7 Å². The lowest BCUT2D eigenvalue weighted by molar-refractivity contribution is -0.119. The maximum Gasteiger partial charge on any atom is 0.165 e. The van der Waals surface area contributed by atoms with Crippen molar-refractivity contribution in [1.29, 1.82) is 0 Å². The summed E-state index contributed by atoms with van der Waals surface area (Å²) >= 11 is 0. The highest BCUT2D eigenvalue weighted by molar-refractivity contribution is 6.01. The molecule has 2 atom stereocenters. The lowest BCUT2D eigenvalue weighted by Crippen LogP contribution is -2.51. The van der Waals surface area contributed by atoms with Crippen LogP contribution in [0.15, 0.2) is 63.2 Å². The van der Waals surface area contributed by atoms with E-state index in [1.54, 1.807) is 0 Å². The van der Waals surface area contributed by atoms with Crippen molar-refractivity contribution in [2.45, 2.75) is 78.3 Å². The topological polar surface area (TPSA) is 71.6 Å². The van der Waals surface area contributed by atoms with Gasteiger partial charge in [-0.1, -0.05) is 52.8 Å². The molecule has 6 nitrogen and oxygen atoms in total. The SMILES string of the molecule is CCC1(c2cccc(-c3cn(C)nc3C(C)C)c2)C2=C(CC(C)(C)CC2=O)NC2N=NC(C)=C21. The Bertz CT molecular complexity index is 1280. The first-order valence-electron chi connectivity index (χ1n) is 12.4. The number of aryl methyl sites for hydroxylation is 1. The molecule has 1 aromatic heterocycles. The average Bonchev–Trinajstić information content (AvgIpc) is 3.34. The number of hydrogen-bond donors (Lipinski definition) is 1. The third kappa shape index (κ3) is 3.29. The summed E-state index contributed by atoms with van der Waals surface area (Å²) in [5, 5.41) is 17.4. The number of azo groups is 1. The van der Waals surface area contributed by atoms with Gasteiger partial charge in [0.05, 0.1) is 16.8 Å². The van der Waals surface area contributed by atoms with Crippen molar-refractivity contribution in [1.82, 2.24) is 15.1 Å². The summed E-state index contributed by atoms with van der Waals surface area (Å²) in [7, 11) is 1.97. The predicted octanol–water partition coefficient (Wildman–Crippen LogP) is 6.17. The molecule has 0 saturated heterocycles. The van der Waals surface area contributed by atoms with E-state index in [0.29, 0.717) is 12.3 Å². The van der Waals surface area contributed by atoms with E-state index in [9.17, 15) is 4.79 Å². The molecule has 34 heavy (non-hydrogen) atoms. The molecule has 178 valence electrons. The van der Waals surface area contributed by atoms with Crippen molar-refractivity contribution in [3.05, 3.63) is 64.3 Å². The Morgan fingerprint density at radius 3 is 2.71 bits per heavy atom. The van der Waals surface area contributed by atoms with Gasteiger partial charge in [-0.3, -0.25) is 9.48 Å². The highest BCUT2D eigenvalue weighted by Gasteiger charge is 2.53. The highest BCUT2D eigenvalue weighted by atomic mass is 16.1. The number of carbonyl (C=O) groups is 1. The largest absolute Gasteiger partial charge is 0.362 e. The second-order valence-corrected chi connectivity index (χ2v) is 11.2. The summed E-state index contributed by atoms with van der Waals surface area (Å²) in [5.74, 6) is 0.554. The average molecular weight is 458 g/mol. The first-order chi connectivity index (χ1) is 16.1. The molecule has 0 fully saturated rings. The Kier molecular flexibility index (Phi) is 5.19. The van der Waals surface area contributed by atoms with Crippen molar-refractivity contribution in [2.24, 2.45) is 22.7 Å². The number of nitrogens with zero attached hydrogens (tertiary/aromatic N) is 4. The molecule has 2 unspecified atom stereocenters. The summed E-state index contributed by atoms with van der Waals surface area (Å²) in [6, 6.07) is 8.72. The summed E-state index contributed by atoms with van der Waals surface area (Å²) in [5.41, 5.74) is 7.89. The Labute approximate surface area is 202 Å². The number of carbonyl (C=O) groups excluding carboxylic acids is 1. The van der Waals surface area contributed by atoms with Crippen LogP contribution in [0, 0.1) is 5.41 Å². The van der Waals surface area contributed by atoms with E-state index in [1.165, 1.54) is 0 Å². The van der Waals surface area contributed by atoms with E-state index in [2.05, 4.69) is 80.6 Å². The molecule has 0 amide bonds. The third-order valence-electron chi connectivity index (χ3n) is 7.66. The smallest absolute Gasteiger partial charge is 0.165 e.